The molecule has 2 N–H and O–H groups in total. The summed E-state index contributed by atoms with van der Waals surface area (Å²) >= 11 is 0. The van der Waals surface area contributed by atoms with Gasteiger partial charge in [-0.3, -0.25) is 0 Å². The molecule has 0 saturated heterocycles. The number of benzene rings is 2. The van der Waals surface area contributed by atoms with Gasteiger partial charge in [0.1, 0.15) is 11.4 Å². The number of ether oxygens (including phenoxy) is 1. The zero-order valence-corrected chi connectivity index (χ0v) is 15.2. The lowest BCUT2D eigenvalue weighted by molar-refractivity contribution is -0.137. The van der Waals surface area contributed by atoms with E-state index in [0.717, 1.165) is 49.1 Å². The van der Waals surface area contributed by atoms with Crippen LogP contribution in [-0.4, -0.2) is 11.6 Å². The number of amides is 2. The fourth-order valence-corrected chi connectivity index (χ4v) is 3.83. The second-order valence-corrected chi connectivity index (χ2v) is 7.45. The Kier molecular flexibility index (Phi) is 4.69. The van der Waals surface area contributed by atoms with E-state index in [1.54, 1.807) is 0 Å². The maximum absolute atomic E-state index is 12.6. The van der Waals surface area contributed by atoms with Crippen LogP contribution in [0.5, 0.6) is 5.75 Å². The molecule has 0 aromatic heterocycles. The van der Waals surface area contributed by atoms with Crippen molar-refractivity contribution in [2.45, 2.75) is 50.0 Å². The van der Waals surface area contributed by atoms with Crippen LogP contribution in [-0.2, 0) is 12.7 Å². The molecule has 1 saturated carbocycles. The summed E-state index contributed by atoms with van der Waals surface area (Å²) in [5.41, 5.74) is 0.653. The molecule has 2 aromatic rings. The van der Waals surface area contributed by atoms with E-state index in [1.807, 2.05) is 24.3 Å². The van der Waals surface area contributed by atoms with Crippen LogP contribution >= 0.6 is 0 Å². The minimum Gasteiger partial charge on any atom is -0.487 e. The number of hydrogen-bond acceptors (Lipinski definition) is 2. The molecule has 1 fully saturated rings. The molecule has 2 aromatic carbocycles. The number of nitrogens with one attached hydrogen (secondary N) is 2. The van der Waals surface area contributed by atoms with E-state index in [4.69, 9.17) is 4.74 Å². The van der Waals surface area contributed by atoms with Crippen molar-refractivity contribution in [3.8, 4) is 5.75 Å². The molecule has 4 rings (SSSR count). The highest BCUT2D eigenvalue weighted by atomic mass is 19.4. The summed E-state index contributed by atoms with van der Waals surface area (Å²) in [6.07, 6.45) is -0.566. The zero-order chi connectivity index (χ0) is 19.8. The molecular formula is C21H21F3N2O2. The SMILES string of the molecule is O=C(NCc1ccc(C(F)(F)F)cc1)NC1CC2(CCC2)Oc2ccccc21. The number of carbonyl (C=O) groups excluding carboxylic acids is 1. The van der Waals surface area contributed by atoms with Gasteiger partial charge in [0.2, 0.25) is 0 Å². The molecule has 1 spiro atoms. The van der Waals surface area contributed by atoms with Gasteiger partial charge in [-0.15, -0.1) is 0 Å². The Bertz CT molecular complexity index is 861. The predicted octanol–water partition coefficient (Wildman–Crippen LogP) is 4.95. The van der Waals surface area contributed by atoms with Gasteiger partial charge in [-0.25, -0.2) is 4.79 Å². The average molecular weight is 390 g/mol. The van der Waals surface area contributed by atoms with Crippen LogP contribution in [0.1, 0.15) is 48.4 Å². The molecule has 0 bridgehead atoms. The number of alkyl halides is 3. The highest BCUT2D eigenvalue weighted by Crippen LogP contribution is 2.48. The maximum Gasteiger partial charge on any atom is 0.416 e. The Morgan fingerprint density at radius 3 is 2.46 bits per heavy atom. The van der Waals surface area contributed by atoms with E-state index in [2.05, 4.69) is 10.6 Å². The first-order valence-corrected chi connectivity index (χ1v) is 9.33. The first-order chi connectivity index (χ1) is 13.3. The Morgan fingerprint density at radius 1 is 1.11 bits per heavy atom. The average Bonchev–Trinajstić information content (AvgIpc) is 2.64. The summed E-state index contributed by atoms with van der Waals surface area (Å²) in [6, 6.07) is 12.0. The van der Waals surface area contributed by atoms with Crippen molar-refractivity contribution in [1.82, 2.24) is 10.6 Å². The summed E-state index contributed by atoms with van der Waals surface area (Å²) in [7, 11) is 0. The van der Waals surface area contributed by atoms with E-state index in [9.17, 15) is 18.0 Å². The quantitative estimate of drug-likeness (QED) is 0.779. The number of urea groups is 1. The van der Waals surface area contributed by atoms with Crippen molar-refractivity contribution >= 4 is 6.03 Å². The smallest absolute Gasteiger partial charge is 0.416 e. The van der Waals surface area contributed by atoms with Crippen LogP contribution in [0.2, 0.25) is 0 Å². The summed E-state index contributed by atoms with van der Waals surface area (Å²) in [4.78, 5) is 12.4. The first kappa shape index (κ1) is 18.7. The normalized spacial score (nSPS) is 19.9. The lowest BCUT2D eigenvalue weighted by atomic mass is 9.73. The molecule has 148 valence electrons. The molecule has 1 atom stereocenters. The molecule has 1 aliphatic heterocycles. The van der Waals surface area contributed by atoms with E-state index in [1.165, 1.54) is 12.1 Å². The molecular weight excluding hydrogens is 369 g/mol. The van der Waals surface area contributed by atoms with Crippen LogP contribution in [0.25, 0.3) is 0 Å². The Balaban J connectivity index is 1.38. The van der Waals surface area contributed by atoms with Gasteiger partial charge in [0.15, 0.2) is 0 Å². The molecule has 1 heterocycles. The highest BCUT2D eigenvalue weighted by molar-refractivity contribution is 5.74. The molecule has 1 unspecified atom stereocenters. The standard InChI is InChI=1S/C21H21F3N2O2/c22-21(23,24)15-8-6-14(7-9-15)13-25-19(27)26-17-12-20(10-3-11-20)28-18-5-2-1-4-16(17)18/h1-2,4-9,17H,3,10-13H2,(H2,25,26,27). The van der Waals surface area contributed by atoms with Gasteiger partial charge in [-0.05, 0) is 43.0 Å². The number of fused-ring (bicyclic) bond motifs is 1. The zero-order valence-electron chi connectivity index (χ0n) is 15.2. The molecule has 4 nitrogen and oxygen atoms in total. The number of para-hydroxylation sites is 1. The summed E-state index contributed by atoms with van der Waals surface area (Å²) < 4.78 is 44.0. The van der Waals surface area contributed by atoms with Crippen molar-refractivity contribution in [3.63, 3.8) is 0 Å². The van der Waals surface area contributed by atoms with E-state index in [0.29, 0.717) is 5.56 Å². The fraction of sp³-hybridized carbons (Fsp3) is 0.381. The minimum absolute atomic E-state index is 0.153. The number of hydrogen-bond donors (Lipinski definition) is 2. The van der Waals surface area contributed by atoms with Gasteiger partial charge in [0.25, 0.3) is 0 Å². The fourth-order valence-electron chi connectivity index (χ4n) is 3.83. The third kappa shape index (κ3) is 3.79. The first-order valence-electron chi connectivity index (χ1n) is 9.33. The van der Waals surface area contributed by atoms with Gasteiger partial charge in [0.05, 0.1) is 11.6 Å². The predicted molar refractivity (Wildman–Crippen MR) is 97.8 cm³/mol. The number of halogens is 3. The summed E-state index contributed by atoms with van der Waals surface area (Å²) in [6.45, 7) is 0.153. The Morgan fingerprint density at radius 2 is 1.82 bits per heavy atom. The summed E-state index contributed by atoms with van der Waals surface area (Å²) in [5, 5.41) is 5.72. The van der Waals surface area contributed by atoms with Crippen LogP contribution < -0.4 is 15.4 Å². The van der Waals surface area contributed by atoms with Crippen molar-refractivity contribution < 1.29 is 22.7 Å². The Hall–Kier alpha value is -2.70. The van der Waals surface area contributed by atoms with Gasteiger partial charge in [-0.1, -0.05) is 30.3 Å². The van der Waals surface area contributed by atoms with Gasteiger partial charge in [-0.2, -0.15) is 13.2 Å². The highest BCUT2D eigenvalue weighted by Gasteiger charge is 2.45. The van der Waals surface area contributed by atoms with Crippen molar-refractivity contribution in [1.29, 1.82) is 0 Å². The van der Waals surface area contributed by atoms with Crippen LogP contribution in [0.3, 0.4) is 0 Å². The summed E-state index contributed by atoms with van der Waals surface area (Å²) in [5.74, 6) is 0.807. The monoisotopic (exact) mass is 390 g/mol. The third-order valence-corrected chi connectivity index (χ3v) is 5.50. The Labute approximate surface area is 161 Å². The molecule has 1 aliphatic carbocycles. The van der Waals surface area contributed by atoms with Gasteiger partial charge >= 0.3 is 12.2 Å². The van der Waals surface area contributed by atoms with E-state index in [-0.39, 0.29) is 24.2 Å². The lowest BCUT2D eigenvalue weighted by Gasteiger charge is -2.48. The second kappa shape index (κ2) is 7.04. The number of carbonyl (C=O) groups is 1. The molecule has 2 aliphatic rings. The van der Waals surface area contributed by atoms with Crippen molar-refractivity contribution in [2.75, 3.05) is 0 Å². The molecule has 7 heteroatoms. The second-order valence-electron chi connectivity index (χ2n) is 7.45. The minimum atomic E-state index is -4.36. The van der Waals surface area contributed by atoms with E-state index < -0.39 is 11.7 Å². The van der Waals surface area contributed by atoms with Crippen molar-refractivity contribution in [2.24, 2.45) is 0 Å². The number of rotatable bonds is 3. The van der Waals surface area contributed by atoms with Crippen molar-refractivity contribution in [3.05, 3.63) is 65.2 Å². The van der Waals surface area contributed by atoms with E-state index >= 15 is 0 Å². The van der Waals surface area contributed by atoms with Crippen LogP contribution in [0, 0.1) is 0 Å². The van der Waals surface area contributed by atoms with Crippen LogP contribution in [0.4, 0.5) is 18.0 Å². The molecule has 28 heavy (non-hydrogen) atoms. The lowest BCUT2D eigenvalue weighted by Crippen LogP contribution is -2.50. The van der Waals surface area contributed by atoms with Gasteiger partial charge in [0, 0.05) is 18.5 Å². The maximum atomic E-state index is 12.6. The van der Waals surface area contributed by atoms with Gasteiger partial charge < -0.3 is 15.4 Å². The third-order valence-electron chi connectivity index (χ3n) is 5.50. The molecule has 0 radical (unpaired) electrons. The largest absolute Gasteiger partial charge is 0.487 e. The topological polar surface area (TPSA) is 50.4 Å². The van der Waals surface area contributed by atoms with Crippen LogP contribution in [0.15, 0.2) is 48.5 Å². The molecule has 2 amide bonds.